The number of aliphatic hydroxyl groups is 1. The Morgan fingerprint density at radius 1 is 1.06 bits per heavy atom. The Balaban J connectivity index is 2.23. The molecule has 32 heavy (non-hydrogen) atoms. The first-order valence-electron chi connectivity index (χ1n) is 10.2. The number of hydrogen-bond acceptors (Lipinski definition) is 6. The van der Waals surface area contributed by atoms with Gasteiger partial charge in [-0.2, -0.15) is 0 Å². The normalized spacial score (nSPS) is 17.7. The molecule has 1 N–H and O–H groups in total. The van der Waals surface area contributed by atoms with Gasteiger partial charge in [-0.1, -0.05) is 42.8 Å². The molecule has 1 atom stereocenters. The molecule has 7 nitrogen and oxygen atoms in total. The number of aliphatic hydroxyl groups excluding tert-OH is 1. The van der Waals surface area contributed by atoms with Crippen LogP contribution in [0.15, 0.2) is 42.0 Å². The number of ketones is 1. The Bertz CT molecular complexity index is 1050. The lowest BCUT2D eigenvalue weighted by Crippen LogP contribution is -2.32. The molecule has 1 heterocycles. The molecular formula is C24H26ClNO6. The van der Waals surface area contributed by atoms with Crippen molar-refractivity contribution < 1.29 is 28.9 Å². The molecule has 1 aliphatic heterocycles. The van der Waals surface area contributed by atoms with E-state index in [0.717, 1.165) is 12.0 Å². The summed E-state index contributed by atoms with van der Waals surface area (Å²) in [6, 6.07) is 9.81. The molecule has 1 fully saturated rings. The number of amides is 1. The maximum Gasteiger partial charge on any atom is 0.295 e. The molecule has 0 aliphatic carbocycles. The summed E-state index contributed by atoms with van der Waals surface area (Å²) in [6.45, 7) is 2.48. The van der Waals surface area contributed by atoms with Crippen LogP contribution in [0.2, 0.25) is 5.02 Å². The first-order chi connectivity index (χ1) is 15.4. The summed E-state index contributed by atoms with van der Waals surface area (Å²) in [7, 11) is 4.38. The largest absolute Gasteiger partial charge is 0.507 e. The second-order valence-electron chi connectivity index (χ2n) is 7.27. The number of carbonyl (C=O) groups is 2. The fraction of sp³-hybridized carbons (Fsp3) is 0.333. The number of benzene rings is 2. The molecule has 1 unspecified atom stereocenters. The van der Waals surface area contributed by atoms with Gasteiger partial charge < -0.3 is 24.2 Å². The van der Waals surface area contributed by atoms with Gasteiger partial charge in [0.15, 0.2) is 0 Å². The topological polar surface area (TPSA) is 85.3 Å². The third-order valence-corrected chi connectivity index (χ3v) is 5.80. The van der Waals surface area contributed by atoms with E-state index in [1.807, 2.05) is 31.2 Å². The van der Waals surface area contributed by atoms with Gasteiger partial charge in [0, 0.05) is 19.7 Å². The minimum absolute atomic E-state index is 0.0296. The molecule has 8 heteroatoms. The second-order valence-corrected chi connectivity index (χ2v) is 7.67. The molecule has 1 saturated heterocycles. The van der Waals surface area contributed by atoms with Crippen molar-refractivity contribution in [3.8, 4) is 11.5 Å². The molecule has 3 rings (SSSR count). The standard InChI is InChI=1S/C24H26ClNO6/c1-5-14-6-8-15(9-7-14)21-20(23(28)24(29)26(21)10-11-30-2)22(27)16-12-19(32-4)17(25)13-18(16)31-3/h6-9,12-13,21,27H,5,10-11H2,1-4H3/b22-20+. The quantitative estimate of drug-likeness (QED) is 0.365. The lowest BCUT2D eigenvalue weighted by molar-refractivity contribution is -0.140. The average Bonchev–Trinajstić information content (AvgIpc) is 3.06. The SMILES string of the molecule is CCc1ccc(C2/C(=C(\O)c3cc(OC)c(Cl)cc3OC)C(=O)C(=O)N2CCOC)cc1. The van der Waals surface area contributed by atoms with Gasteiger partial charge in [-0.3, -0.25) is 9.59 Å². The molecule has 170 valence electrons. The Morgan fingerprint density at radius 3 is 2.28 bits per heavy atom. The van der Waals surface area contributed by atoms with Gasteiger partial charge in [-0.15, -0.1) is 0 Å². The number of likely N-dealkylation sites (tertiary alicyclic amines) is 1. The third kappa shape index (κ3) is 4.31. The van der Waals surface area contributed by atoms with Crippen molar-refractivity contribution in [1.29, 1.82) is 0 Å². The first kappa shape index (κ1) is 23.6. The molecule has 2 aromatic rings. The van der Waals surface area contributed by atoms with Crippen LogP contribution in [0.1, 0.15) is 29.7 Å². The van der Waals surface area contributed by atoms with Gasteiger partial charge in [0.1, 0.15) is 17.3 Å². The van der Waals surface area contributed by atoms with Crippen LogP contribution < -0.4 is 9.47 Å². The number of ether oxygens (including phenoxy) is 3. The van der Waals surface area contributed by atoms with E-state index in [9.17, 15) is 14.7 Å². The maximum absolute atomic E-state index is 13.1. The van der Waals surface area contributed by atoms with Crippen LogP contribution in [-0.2, 0) is 20.7 Å². The van der Waals surface area contributed by atoms with Crippen LogP contribution in [0.5, 0.6) is 11.5 Å². The summed E-state index contributed by atoms with van der Waals surface area (Å²) in [5.41, 5.74) is 2.00. The first-order valence-corrected chi connectivity index (χ1v) is 10.5. The average molecular weight is 460 g/mol. The Kier molecular flexibility index (Phi) is 7.43. The molecule has 1 amide bonds. The van der Waals surface area contributed by atoms with Crippen molar-refractivity contribution in [2.24, 2.45) is 0 Å². The minimum Gasteiger partial charge on any atom is -0.507 e. The van der Waals surface area contributed by atoms with E-state index in [1.165, 1.54) is 38.4 Å². The van der Waals surface area contributed by atoms with E-state index in [1.54, 1.807) is 0 Å². The van der Waals surface area contributed by atoms with Crippen LogP contribution in [0.3, 0.4) is 0 Å². The van der Waals surface area contributed by atoms with Crippen LogP contribution in [-0.4, -0.2) is 56.2 Å². The molecule has 1 aliphatic rings. The van der Waals surface area contributed by atoms with Crippen LogP contribution >= 0.6 is 11.6 Å². The minimum atomic E-state index is -0.779. The van der Waals surface area contributed by atoms with Gasteiger partial charge in [-0.25, -0.2) is 0 Å². The highest BCUT2D eigenvalue weighted by Crippen LogP contribution is 2.43. The summed E-state index contributed by atoms with van der Waals surface area (Å²) in [6.07, 6.45) is 0.853. The molecule has 0 aromatic heterocycles. The number of methoxy groups -OCH3 is 3. The Hall–Kier alpha value is -3.03. The van der Waals surface area contributed by atoms with Gasteiger partial charge in [0.25, 0.3) is 11.7 Å². The lowest BCUT2D eigenvalue weighted by atomic mass is 9.94. The van der Waals surface area contributed by atoms with Crippen molar-refractivity contribution in [2.75, 3.05) is 34.5 Å². The van der Waals surface area contributed by atoms with Crippen molar-refractivity contribution in [3.05, 3.63) is 63.7 Å². The van der Waals surface area contributed by atoms with E-state index in [4.69, 9.17) is 25.8 Å². The van der Waals surface area contributed by atoms with Gasteiger partial charge >= 0.3 is 0 Å². The van der Waals surface area contributed by atoms with E-state index in [0.29, 0.717) is 11.3 Å². The van der Waals surface area contributed by atoms with Crippen LogP contribution in [0, 0.1) is 0 Å². The molecular weight excluding hydrogens is 434 g/mol. The number of aryl methyl sites for hydroxylation is 1. The highest BCUT2D eigenvalue weighted by molar-refractivity contribution is 6.46. The van der Waals surface area contributed by atoms with Crippen molar-refractivity contribution in [3.63, 3.8) is 0 Å². The van der Waals surface area contributed by atoms with Crippen molar-refractivity contribution in [1.82, 2.24) is 4.90 Å². The monoisotopic (exact) mass is 459 g/mol. The summed E-state index contributed by atoms with van der Waals surface area (Å²) in [5.74, 6) is -1.30. The van der Waals surface area contributed by atoms with E-state index in [2.05, 4.69) is 0 Å². The van der Waals surface area contributed by atoms with Crippen LogP contribution in [0.4, 0.5) is 0 Å². The Morgan fingerprint density at radius 2 is 1.72 bits per heavy atom. The summed E-state index contributed by atoms with van der Waals surface area (Å²) in [4.78, 5) is 27.4. The number of halogens is 1. The summed E-state index contributed by atoms with van der Waals surface area (Å²) >= 11 is 6.18. The molecule has 0 bridgehead atoms. The van der Waals surface area contributed by atoms with E-state index in [-0.39, 0.29) is 40.8 Å². The zero-order valence-electron chi connectivity index (χ0n) is 18.5. The van der Waals surface area contributed by atoms with Crippen molar-refractivity contribution >= 4 is 29.1 Å². The number of hydrogen-bond donors (Lipinski definition) is 1. The number of rotatable bonds is 8. The molecule has 0 radical (unpaired) electrons. The highest BCUT2D eigenvalue weighted by atomic mass is 35.5. The molecule has 2 aromatic carbocycles. The predicted octanol–water partition coefficient (Wildman–Crippen LogP) is 3.99. The maximum atomic E-state index is 13.1. The number of carbonyl (C=O) groups excluding carboxylic acids is 2. The summed E-state index contributed by atoms with van der Waals surface area (Å²) < 4.78 is 15.8. The third-order valence-electron chi connectivity index (χ3n) is 5.51. The second kappa shape index (κ2) is 10.1. The number of nitrogens with zero attached hydrogens (tertiary/aromatic N) is 1. The van der Waals surface area contributed by atoms with E-state index >= 15 is 0 Å². The number of Topliss-reactive ketones (excluding diaryl/α,β-unsaturated/α-hetero) is 1. The Labute approximate surface area is 192 Å². The molecule has 0 spiro atoms. The fourth-order valence-electron chi connectivity index (χ4n) is 3.77. The lowest BCUT2D eigenvalue weighted by Gasteiger charge is -2.25. The summed E-state index contributed by atoms with van der Waals surface area (Å²) in [5, 5.41) is 11.6. The highest BCUT2D eigenvalue weighted by Gasteiger charge is 2.46. The van der Waals surface area contributed by atoms with Gasteiger partial charge in [-0.05, 0) is 23.6 Å². The van der Waals surface area contributed by atoms with Gasteiger partial charge in [0.05, 0.1) is 43.0 Å². The van der Waals surface area contributed by atoms with Crippen LogP contribution in [0.25, 0.3) is 5.76 Å². The zero-order chi connectivity index (χ0) is 23.4. The molecule has 0 saturated carbocycles. The predicted molar refractivity (Wildman–Crippen MR) is 121 cm³/mol. The fourth-order valence-corrected chi connectivity index (χ4v) is 4.00. The van der Waals surface area contributed by atoms with Gasteiger partial charge in [0.2, 0.25) is 0 Å². The van der Waals surface area contributed by atoms with E-state index < -0.39 is 17.7 Å². The smallest absolute Gasteiger partial charge is 0.295 e. The van der Waals surface area contributed by atoms with Crippen molar-refractivity contribution in [2.45, 2.75) is 19.4 Å². The zero-order valence-corrected chi connectivity index (χ0v) is 19.2.